The number of hydrogen-bond donors (Lipinski definition) is 0. The normalized spacial score (nSPS) is 10.1. The Morgan fingerprint density at radius 2 is 2.21 bits per heavy atom. The first-order valence-electron chi connectivity index (χ1n) is 4.45. The zero-order valence-corrected chi connectivity index (χ0v) is 8.67. The van der Waals surface area contributed by atoms with E-state index in [0.29, 0.717) is 6.61 Å². The molecule has 0 unspecified atom stereocenters. The van der Waals surface area contributed by atoms with Crippen LogP contribution in [0.4, 0.5) is 0 Å². The molecular weight excluding hydrogens is 194 g/mol. The van der Waals surface area contributed by atoms with Crippen molar-refractivity contribution in [2.45, 2.75) is 6.92 Å². The first-order chi connectivity index (χ1) is 6.90. The standard InChI is InChI=1S/C11H10NOS/c1-2-13-11-12-10(8-14-11)9-6-4-3-5-7-9/h4-8H,2H2,1H3. The smallest absolute Gasteiger partial charge is 0.273 e. The maximum Gasteiger partial charge on any atom is 0.273 e. The van der Waals surface area contributed by atoms with Crippen LogP contribution in [0.3, 0.4) is 0 Å². The van der Waals surface area contributed by atoms with Crippen molar-refractivity contribution in [2.24, 2.45) is 0 Å². The van der Waals surface area contributed by atoms with Gasteiger partial charge in [-0.25, -0.2) is 4.98 Å². The maximum absolute atomic E-state index is 5.31. The highest BCUT2D eigenvalue weighted by atomic mass is 32.1. The van der Waals surface area contributed by atoms with Crippen LogP contribution in [0.15, 0.2) is 29.6 Å². The molecule has 2 aromatic rings. The number of rotatable bonds is 3. The van der Waals surface area contributed by atoms with E-state index in [1.165, 1.54) is 11.3 Å². The third-order valence-electron chi connectivity index (χ3n) is 1.76. The van der Waals surface area contributed by atoms with Crippen molar-refractivity contribution in [1.29, 1.82) is 0 Å². The summed E-state index contributed by atoms with van der Waals surface area (Å²) < 4.78 is 5.31. The fraction of sp³-hybridized carbons (Fsp3) is 0.182. The molecule has 0 saturated carbocycles. The molecule has 0 aliphatic carbocycles. The average molecular weight is 204 g/mol. The summed E-state index contributed by atoms with van der Waals surface area (Å²) in [7, 11) is 0. The molecule has 2 nitrogen and oxygen atoms in total. The van der Waals surface area contributed by atoms with Crippen LogP contribution in [0.2, 0.25) is 0 Å². The lowest BCUT2D eigenvalue weighted by atomic mass is 10.2. The Morgan fingerprint density at radius 3 is 2.93 bits per heavy atom. The molecular formula is C11H10NOS. The minimum Gasteiger partial charge on any atom is -0.470 e. The minimum absolute atomic E-state index is 0.662. The molecule has 14 heavy (non-hydrogen) atoms. The monoisotopic (exact) mass is 204 g/mol. The zero-order valence-electron chi connectivity index (χ0n) is 7.86. The molecule has 1 radical (unpaired) electrons. The van der Waals surface area contributed by atoms with Gasteiger partial charge in [0.2, 0.25) is 0 Å². The molecule has 0 aliphatic heterocycles. The molecule has 2 rings (SSSR count). The van der Waals surface area contributed by atoms with E-state index in [1.807, 2.05) is 36.6 Å². The van der Waals surface area contributed by atoms with Crippen LogP contribution >= 0.6 is 11.3 Å². The predicted octanol–water partition coefficient (Wildman–Crippen LogP) is 3.01. The van der Waals surface area contributed by atoms with Crippen molar-refractivity contribution in [3.63, 3.8) is 0 Å². The Hall–Kier alpha value is -1.35. The number of ether oxygens (including phenoxy) is 1. The Balaban J connectivity index is 2.25. The van der Waals surface area contributed by atoms with E-state index in [4.69, 9.17) is 4.74 Å². The largest absolute Gasteiger partial charge is 0.470 e. The van der Waals surface area contributed by atoms with Gasteiger partial charge in [0.05, 0.1) is 12.3 Å². The molecule has 0 aliphatic rings. The zero-order chi connectivity index (χ0) is 9.80. The second kappa shape index (κ2) is 4.24. The highest BCUT2D eigenvalue weighted by Gasteiger charge is 2.03. The van der Waals surface area contributed by atoms with Crippen molar-refractivity contribution in [3.8, 4) is 16.5 Å². The Bertz CT molecular complexity index is 397. The third-order valence-corrected chi connectivity index (χ3v) is 2.52. The SMILES string of the molecule is CCOc1nc(-c2cc[c]cc2)cs1. The first kappa shape index (κ1) is 9.21. The highest BCUT2D eigenvalue weighted by Crippen LogP contribution is 2.25. The lowest BCUT2D eigenvalue weighted by Gasteiger charge is -1.95. The van der Waals surface area contributed by atoms with Crippen LogP contribution in [-0.4, -0.2) is 11.6 Å². The quantitative estimate of drug-likeness (QED) is 0.766. The van der Waals surface area contributed by atoms with Crippen LogP contribution < -0.4 is 4.74 Å². The van der Waals surface area contributed by atoms with Crippen molar-refractivity contribution in [3.05, 3.63) is 35.7 Å². The summed E-state index contributed by atoms with van der Waals surface area (Å²) in [6.07, 6.45) is 0. The Morgan fingerprint density at radius 1 is 1.43 bits per heavy atom. The fourth-order valence-corrected chi connectivity index (χ4v) is 1.88. The van der Waals surface area contributed by atoms with Crippen LogP contribution in [0.25, 0.3) is 11.3 Å². The molecule has 3 heteroatoms. The number of hydrogen-bond acceptors (Lipinski definition) is 3. The van der Waals surface area contributed by atoms with Gasteiger partial charge in [-0.05, 0) is 13.0 Å². The summed E-state index contributed by atoms with van der Waals surface area (Å²) in [5.41, 5.74) is 2.07. The second-order valence-electron chi connectivity index (χ2n) is 2.72. The second-order valence-corrected chi connectivity index (χ2v) is 3.54. The Labute approximate surface area is 87.2 Å². The van der Waals surface area contributed by atoms with Gasteiger partial charge in [0.25, 0.3) is 5.19 Å². The molecule has 1 aromatic heterocycles. The van der Waals surface area contributed by atoms with Gasteiger partial charge in [0.15, 0.2) is 0 Å². The summed E-state index contributed by atoms with van der Waals surface area (Å²) in [6, 6.07) is 10.7. The predicted molar refractivity (Wildman–Crippen MR) is 57.6 cm³/mol. The molecule has 0 fully saturated rings. The lowest BCUT2D eigenvalue weighted by Crippen LogP contribution is -1.89. The van der Waals surface area contributed by atoms with E-state index in [0.717, 1.165) is 16.5 Å². The van der Waals surface area contributed by atoms with Gasteiger partial charge in [-0.1, -0.05) is 35.6 Å². The highest BCUT2D eigenvalue weighted by molar-refractivity contribution is 7.11. The molecule has 0 bridgehead atoms. The van der Waals surface area contributed by atoms with E-state index >= 15 is 0 Å². The lowest BCUT2D eigenvalue weighted by molar-refractivity contribution is 0.338. The molecule has 0 atom stereocenters. The minimum atomic E-state index is 0.662. The van der Waals surface area contributed by atoms with Crippen molar-refractivity contribution < 1.29 is 4.74 Å². The van der Waals surface area contributed by atoms with Crippen molar-refractivity contribution >= 4 is 11.3 Å². The van der Waals surface area contributed by atoms with Gasteiger partial charge in [-0.3, -0.25) is 0 Å². The van der Waals surface area contributed by atoms with Gasteiger partial charge in [0.1, 0.15) is 0 Å². The summed E-state index contributed by atoms with van der Waals surface area (Å²) >= 11 is 1.53. The average Bonchev–Trinajstić information content (AvgIpc) is 2.68. The summed E-state index contributed by atoms with van der Waals surface area (Å²) in [5, 5.41) is 2.73. The summed E-state index contributed by atoms with van der Waals surface area (Å²) in [4.78, 5) is 4.35. The molecule has 0 amide bonds. The van der Waals surface area contributed by atoms with Crippen LogP contribution in [0, 0.1) is 6.07 Å². The van der Waals surface area contributed by atoms with Gasteiger partial charge in [0, 0.05) is 10.9 Å². The number of nitrogens with zero attached hydrogens (tertiary/aromatic N) is 1. The van der Waals surface area contributed by atoms with Gasteiger partial charge >= 0.3 is 0 Å². The van der Waals surface area contributed by atoms with Gasteiger partial charge < -0.3 is 4.74 Å². The number of benzene rings is 1. The molecule has 1 heterocycles. The van der Waals surface area contributed by atoms with Crippen LogP contribution in [-0.2, 0) is 0 Å². The summed E-state index contributed by atoms with van der Waals surface area (Å²) in [6.45, 7) is 2.62. The molecule has 0 saturated heterocycles. The van der Waals surface area contributed by atoms with E-state index < -0.39 is 0 Å². The van der Waals surface area contributed by atoms with E-state index in [9.17, 15) is 0 Å². The molecule has 1 aromatic carbocycles. The third kappa shape index (κ3) is 1.93. The molecule has 0 N–H and O–H groups in total. The first-order valence-corrected chi connectivity index (χ1v) is 5.33. The topological polar surface area (TPSA) is 22.1 Å². The van der Waals surface area contributed by atoms with Crippen LogP contribution in [0.5, 0.6) is 5.19 Å². The summed E-state index contributed by atoms with van der Waals surface area (Å²) in [5.74, 6) is 0. The van der Waals surface area contributed by atoms with Gasteiger partial charge in [-0.2, -0.15) is 0 Å². The number of thiazole rings is 1. The fourth-order valence-electron chi connectivity index (χ4n) is 1.14. The maximum atomic E-state index is 5.31. The van der Waals surface area contributed by atoms with E-state index in [2.05, 4.69) is 11.1 Å². The van der Waals surface area contributed by atoms with Crippen molar-refractivity contribution in [1.82, 2.24) is 4.98 Å². The molecule has 71 valence electrons. The van der Waals surface area contributed by atoms with Crippen LogP contribution in [0.1, 0.15) is 6.92 Å². The van der Waals surface area contributed by atoms with E-state index in [1.54, 1.807) is 0 Å². The van der Waals surface area contributed by atoms with Gasteiger partial charge in [-0.15, -0.1) is 0 Å². The van der Waals surface area contributed by atoms with E-state index in [-0.39, 0.29) is 0 Å². The van der Waals surface area contributed by atoms with Crippen molar-refractivity contribution in [2.75, 3.05) is 6.61 Å². The number of aromatic nitrogens is 1. The molecule has 0 spiro atoms. The Kier molecular flexibility index (Phi) is 2.79.